The summed E-state index contributed by atoms with van der Waals surface area (Å²) in [4.78, 5) is 14.2. The number of nitrogens with zero attached hydrogens (tertiary/aromatic N) is 1. The van der Waals surface area contributed by atoms with Gasteiger partial charge in [0.2, 0.25) is 0 Å². The highest BCUT2D eigenvalue weighted by Crippen LogP contribution is 2.32. The molecule has 3 aromatic rings. The second-order valence-electron chi connectivity index (χ2n) is 6.28. The van der Waals surface area contributed by atoms with E-state index in [-0.39, 0.29) is 12.5 Å². The van der Waals surface area contributed by atoms with Gasteiger partial charge >= 0.3 is 0 Å². The Morgan fingerprint density at radius 2 is 1.68 bits per heavy atom. The Hall–Kier alpha value is -2.92. The number of para-hydroxylation sites is 1. The number of carbonyl (C=O) groups is 1. The molecule has 0 N–H and O–H groups in total. The summed E-state index contributed by atoms with van der Waals surface area (Å²) in [5, 5.41) is 2.42. The third kappa shape index (κ3) is 4.15. The quantitative estimate of drug-likeness (QED) is 0.585. The van der Waals surface area contributed by atoms with Crippen LogP contribution >= 0.6 is 11.6 Å². The van der Waals surface area contributed by atoms with Crippen molar-refractivity contribution in [1.29, 1.82) is 0 Å². The molecule has 0 radical (unpaired) electrons. The molecule has 28 heavy (non-hydrogen) atoms. The summed E-state index contributed by atoms with van der Waals surface area (Å²) in [5.74, 6) is 1.73. The summed E-state index contributed by atoms with van der Waals surface area (Å²) in [6, 6.07) is 16.8. The van der Waals surface area contributed by atoms with Crippen molar-refractivity contribution in [3.8, 4) is 17.2 Å². The number of hydrogen-bond acceptors (Lipinski definition) is 4. The first-order valence-electron chi connectivity index (χ1n) is 8.79. The smallest absolute Gasteiger partial charge is 0.260 e. The largest absolute Gasteiger partial charge is 0.493 e. The van der Waals surface area contributed by atoms with Gasteiger partial charge in [-0.2, -0.15) is 0 Å². The molecule has 0 spiro atoms. The van der Waals surface area contributed by atoms with Crippen LogP contribution in [0.25, 0.3) is 10.8 Å². The Kier molecular flexibility index (Phi) is 6.26. The number of benzene rings is 3. The fourth-order valence-electron chi connectivity index (χ4n) is 3.03. The third-order valence-electron chi connectivity index (χ3n) is 4.50. The summed E-state index contributed by atoms with van der Waals surface area (Å²) in [6.45, 7) is 0.304. The predicted molar refractivity (Wildman–Crippen MR) is 110 cm³/mol. The molecule has 0 aliphatic heterocycles. The van der Waals surface area contributed by atoms with Gasteiger partial charge in [0.1, 0.15) is 5.75 Å². The first-order chi connectivity index (χ1) is 13.5. The molecule has 0 aliphatic rings. The number of likely N-dealkylation sites (N-methyl/N-ethyl adjacent to an activating group) is 1. The van der Waals surface area contributed by atoms with Crippen LogP contribution < -0.4 is 14.2 Å². The molecule has 0 bridgehead atoms. The van der Waals surface area contributed by atoms with Gasteiger partial charge in [0.15, 0.2) is 18.1 Å². The average molecular weight is 400 g/mol. The van der Waals surface area contributed by atoms with Crippen LogP contribution in [0.2, 0.25) is 5.02 Å². The van der Waals surface area contributed by atoms with Crippen molar-refractivity contribution in [1.82, 2.24) is 4.90 Å². The molecule has 0 saturated heterocycles. The summed E-state index contributed by atoms with van der Waals surface area (Å²) in [6.07, 6.45) is 0. The van der Waals surface area contributed by atoms with Crippen molar-refractivity contribution in [2.45, 2.75) is 6.54 Å². The van der Waals surface area contributed by atoms with Crippen LogP contribution in [0.3, 0.4) is 0 Å². The first kappa shape index (κ1) is 19.8. The molecule has 146 valence electrons. The molecule has 0 aliphatic carbocycles. The van der Waals surface area contributed by atoms with E-state index in [9.17, 15) is 4.79 Å². The molecule has 0 atom stereocenters. The molecule has 0 fully saturated rings. The molecular weight excluding hydrogens is 378 g/mol. The second kappa shape index (κ2) is 8.85. The first-order valence-corrected chi connectivity index (χ1v) is 9.16. The van der Waals surface area contributed by atoms with E-state index >= 15 is 0 Å². The lowest BCUT2D eigenvalue weighted by Gasteiger charge is -2.20. The fourth-order valence-corrected chi connectivity index (χ4v) is 3.26. The maximum atomic E-state index is 12.6. The van der Waals surface area contributed by atoms with Gasteiger partial charge in [0, 0.05) is 35.0 Å². The maximum absolute atomic E-state index is 12.6. The van der Waals surface area contributed by atoms with Crippen molar-refractivity contribution >= 4 is 28.3 Å². The molecule has 0 saturated carbocycles. The van der Waals surface area contributed by atoms with Crippen LogP contribution in [0.5, 0.6) is 17.2 Å². The number of rotatable bonds is 7. The lowest BCUT2D eigenvalue weighted by Crippen LogP contribution is -2.31. The van der Waals surface area contributed by atoms with Crippen LogP contribution in [-0.2, 0) is 11.3 Å². The number of fused-ring (bicyclic) bond motifs is 1. The Morgan fingerprint density at radius 3 is 2.39 bits per heavy atom. The summed E-state index contributed by atoms with van der Waals surface area (Å²) < 4.78 is 16.5. The van der Waals surface area contributed by atoms with Crippen molar-refractivity contribution in [2.24, 2.45) is 0 Å². The van der Waals surface area contributed by atoms with E-state index in [0.29, 0.717) is 28.8 Å². The van der Waals surface area contributed by atoms with E-state index < -0.39 is 0 Å². The average Bonchev–Trinajstić information content (AvgIpc) is 2.73. The Bertz CT molecular complexity index is 989. The van der Waals surface area contributed by atoms with Crippen molar-refractivity contribution in [2.75, 3.05) is 27.9 Å². The zero-order valence-electron chi connectivity index (χ0n) is 16.1. The molecule has 0 heterocycles. The highest BCUT2D eigenvalue weighted by Gasteiger charge is 2.16. The molecular formula is C22H22ClNO4. The SMILES string of the molecule is COc1cccc(CN(C)C(=O)COc2ccc(Cl)c3ccccc23)c1OC. The van der Waals surface area contributed by atoms with Gasteiger partial charge in [-0.05, 0) is 18.2 Å². The van der Waals surface area contributed by atoms with E-state index in [0.717, 1.165) is 16.3 Å². The topological polar surface area (TPSA) is 48.0 Å². The van der Waals surface area contributed by atoms with Gasteiger partial charge in [0.05, 0.1) is 14.2 Å². The van der Waals surface area contributed by atoms with Crippen LogP contribution in [0.4, 0.5) is 0 Å². The van der Waals surface area contributed by atoms with Crippen LogP contribution in [-0.4, -0.2) is 38.7 Å². The van der Waals surface area contributed by atoms with Gasteiger partial charge in [-0.3, -0.25) is 4.79 Å². The highest BCUT2D eigenvalue weighted by atomic mass is 35.5. The molecule has 0 aromatic heterocycles. The Labute approximate surface area is 169 Å². The number of carbonyl (C=O) groups excluding carboxylic acids is 1. The Morgan fingerprint density at radius 1 is 0.929 bits per heavy atom. The Balaban J connectivity index is 1.70. The minimum absolute atomic E-state index is 0.0750. The molecule has 5 nitrogen and oxygen atoms in total. The molecule has 1 amide bonds. The standard InChI is InChI=1S/C22H22ClNO4/c1-24(13-15-7-6-10-20(26-2)22(15)27-3)21(25)14-28-19-12-11-18(23)16-8-4-5-9-17(16)19/h4-12H,13-14H2,1-3H3. The predicted octanol–water partition coefficient (Wildman–Crippen LogP) is 4.55. The van der Waals surface area contributed by atoms with Crippen LogP contribution in [0, 0.1) is 0 Å². The molecule has 3 aromatic carbocycles. The lowest BCUT2D eigenvalue weighted by molar-refractivity contribution is -0.132. The summed E-state index contributed by atoms with van der Waals surface area (Å²) in [5.41, 5.74) is 0.856. The third-order valence-corrected chi connectivity index (χ3v) is 4.83. The van der Waals surface area contributed by atoms with Gasteiger partial charge in [-0.15, -0.1) is 0 Å². The second-order valence-corrected chi connectivity index (χ2v) is 6.69. The van der Waals surface area contributed by atoms with E-state index in [1.54, 1.807) is 38.3 Å². The van der Waals surface area contributed by atoms with E-state index in [1.165, 1.54) is 0 Å². The van der Waals surface area contributed by atoms with E-state index in [2.05, 4.69) is 0 Å². The number of amides is 1. The zero-order chi connectivity index (χ0) is 20.1. The van der Waals surface area contributed by atoms with Gasteiger partial charge in [-0.25, -0.2) is 0 Å². The monoisotopic (exact) mass is 399 g/mol. The van der Waals surface area contributed by atoms with Crippen molar-refractivity contribution < 1.29 is 19.0 Å². The summed E-state index contributed by atoms with van der Waals surface area (Å²) in [7, 11) is 4.89. The summed E-state index contributed by atoms with van der Waals surface area (Å²) >= 11 is 6.23. The molecule has 3 rings (SSSR count). The van der Waals surface area contributed by atoms with Crippen LogP contribution in [0.15, 0.2) is 54.6 Å². The van der Waals surface area contributed by atoms with E-state index in [4.69, 9.17) is 25.8 Å². The number of halogens is 1. The zero-order valence-corrected chi connectivity index (χ0v) is 16.8. The lowest BCUT2D eigenvalue weighted by atomic mass is 10.1. The maximum Gasteiger partial charge on any atom is 0.260 e. The number of hydrogen-bond donors (Lipinski definition) is 0. The minimum atomic E-state index is -0.149. The highest BCUT2D eigenvalue weighted by molar-refractivity contribution is 6.35. The molecule has 0 unspecified atom stereocenters. The number of ether oxygens (including phenoxy) is 3. The molecule has 6 heteroatoms. The van der Waals surface area contributed by atoms with Crippen LogP contribution in [0.1, 0.15) is 5.56 Å². The normalized spacial score (nSPS) is 10.6. The number of methoxy groups -OCH3 is 2. The fraction of sp³-hybridized carbons (Fsp3) is 0.227. The van der Waals surface area contributed by atoms with Crippen molar-refractivity contribution in [3.63, 3.8) is 0 Å². The van der Waals surface area contributed by atoms with Gasteiger partial charge < -0.3 is 19.1 Å². The minimum Gasteiger partial charge on any atom is -0.493 e. The van der Waals surface area contributed by atoms with Crippen molar-refractivity contribution in [3.05, 3.63) is 65.2 Å². The van der Waals surface area contributed by atoms with E-state index in [1.807, 2.05) is 42.5 Å². The van der Waals surface area contributed by atoms with Gasteiger partial charge in [0.25, 0.3) is 5.91 Å². The van der Waals surface area contributed by atoms with Gasteiger partial charge in [-0.1, -0.05) is 48.0 Å².